The van der Waals surface area contributed by atoms with E-state index in [1.165, 1.54) is 0 Å². The highest BCUT2D eigenvalue weighted by Crippen LogP contribution is 2.22. The predicted octanol–water partition coefficient (Wildman–Crippen LogP) is 3.27. The van der Waals surface area contributed by atoms with Crippen LogP contribution in [0.3, 0.4) is 0 Å². The monoisotopic (exact) mass is 339 g/mol. The summed E-state index contributed by atoms with van der Waals surface area (Å²) < 4.78 is 1.02. The molecular weight excluding hydrogens is 326 g/mol. The lowest BCUT2D eigenvalue weighted by Gasteiger charge is -2.05. The number of pyridine rings is 1. The topological polar surface area (TPSA) is 54.0 Å². The second-order valence-corrected chi connectivity index (χ2v) is 5.69. The fraction of sp³-hybridized carbons (Fsp3) is 0.231. The smallest absolute Gasteiger partial charge is 0.270 e. The minimum absolute atomic E-state index is 0.164. The van der Waals surface area contributed by atoms with Gasteiger partial charge in [-0.1, -0.05) is 0 Å². The van der Waals surface area contributed by atoms with E-state index in [1.54, 1.807) is 23.6 Å². The van der Waals surface area contributed by atoms with E-state index >= 15 is 0 Å². The van der Waals surface area contributed by atoms with Crippen LogP contribution in [0.1, 0.15) is 22.3 Å². The number of amides is 1. The molecule has 0 unspecified atom stereocenters. The lowest BCUT2D eigenvalue weighted by molar-refractivity contribution is 0.0946. The molecule has 19 heavy (non-hydrogen) atoms. The number of nitrogens with one attached hydrogen (secondary N) is 2. The third-order valence-electron chi connectivity index (χ3n) is 2.48. The molecule has 0 atom stereocenters. The van der Waals surface area contributed by atoms with Gasteiger partial charge in [0.15, 0.2) is 0 Å². The molecule has 2 N–H and O–H groups in total. The molecule has 0 bridgehead atoms. The predicted molar refractivity (Wildman–Crippen MR) is 81.6 cm³/mol. The molecule has 2 rings (SSSR count). The summed E-state index contributed by atoms with van der Waals surface area (Å²) in [6.45, 7) is 3.35. The standard InChI is InChI=1S/C13H14BrN3OS/c1-2-15-9-3-4-11(16-7-9)13(18)17-8-12-10(14)5-6-19-12/h3-7,15H,2,8H2,1H3,(H,17,18). The molecule has 0 aromatic carbocycles. The number of carbonyl (C=O) groups is 1. The van der Waals surface area contributed by atoms with Gasteiger partial charge in [-0.05, 0) is 46.4 Å². The summed E-state index contributed by atoms with van der Waals surface area (Å²) in [7, 11) is 0. The summed E-state index contributed by atoms with van der Waals surface area (Å²) in [5.41, 5.74) is 1.34. The van der Waals surface area contributed by atoms with E-state index in [-0.39, 0.29) is 5.91 Å². The van der Waals surface area contributed by atoms with Crippen molar-refractivity contribution in [1.82, 2.24) is 10.3 Å². The summed E-state index contributed by atoms with van der Waals surface area (Å²) in [6, 6.07) is 5.54. The van der Waals surface area contributed by atoms with Crippen LogP contribution in [0.15, 0.2) is 34.2 Å². The zero-order valence-corrected chi connectivity index (χ0v) is 12.8. The highest BCUT2D eigenvalue weighted by atomic mass is 79.9. The molecule has 0 fully saturated rings. The fourth-order valence-electron chi connectivity index (χ4n) is 1.54. The number of hydrogen-bond donors (Lipinski definition) is 2. The fourth-order valence-corrected chi connectivity index (χ4v) is 2.97. The lowest BCUT2D eigenvalue weighted by atomic mass is 10.3. The number of halogens is 1. The van der Waals surface area contributed by atoms with Crippen molar-refractivity contribution in [2.24, 2.45) is 0 Å². The first kappa shape index (κ1) is 14.0. The van der Waals surface area contributed by atoms with Crippen LogP contribution in [0, 0.1) is 0 Å². The Kier molecular flexibility index (Phi) is 4.93. The van der Waals surface area contributed by atoms with Crippen molar-refractivity contribution in [2.45, 2.75) is 13.5 Å². The van der Waals surface area contributed by atoms with Gasteiger partial charge in [-0.2, -0.15) is 0 Å². The molecule has 0 aliphatic carbocycles. The SMILES string of the molecule is CCNc1ccc(C(=O)NCc2sccc2Br)nc1. The second kappa shape index (κ2) is 6.68. The molecule has 0 saturated heterocycles. The summed E-state index contributed by atoms with van der Waals surface area (Å²) in [4.78, 5) is 17.1. The molecule has 0 saturated carbocycles. The third-order valence-corrected chi connectivity index (χ3v) is 4.40. The molecule has 100 valence electrons. The van der Waals surface area contributed by atoms with Crippen LogP contribution in [-0.4, -0.2) is 17.4 Å². The highest BCUT2D eigenvalue weighted by Gasteiger charge is 2.08. The van der Waals surface area contributed by atoms with Crippen LogP contribution >= 0.6 is 27.3 Å². The van der Waals surface area contributed by atoms with Crippen molar-refractivity contribution < 1.29 is 4.79 Å². The number of nitrogens with zero attached hydrogens (tertiary/aromatic N) is 1. The average Bonchev–Trinajstić information content (AvgIpc) is 2.83. The van der Waals surface area contributed by atoms with Crippen molar-refractivity contribution in [3.63, 3.8) is 0 Å². The Labute approximate surface area is 124 Å². The minimum Gasteiger partial charge on any atom is -0.384 e. The molecular formula is C13H14BrN3OS. The Morgan fingerprint density at radius 3 is 2.84 bits per heavy atom. The summed E-state index contributed by atoms with van der Waals surface area (Å²) in [5.74, 6) is -0.164. The van der Waals surface area contributed by atoms with Crippen molar-refractivity contribution in [2.75, 3.05) is 11.9 Å². The van der Waals surface area contributed by atoms with Crippen LogP contribution in [0.5, 0.6) is 0 Å². The Morgan fingerprint density at radius 2 is 2.26 bits per heavy atom. The number of carbonyl (C=O) groups excluding carboxylic acids is 1. The van der Waals surface area contributed by atoms with Gasteiger partial charge < -0.3 is 10.6 Å². The van der Waals surface area contributed by atoms with Gasteiger partial charge in [-0.15, -0.1) is 11.3 Å². The first-order valence-electron chi connectivity index (χ1n) is 5.90. The van der Waals surface area contributed by atoms with E-state index in [0.717, 1.165) is 21.6 Å². The first-order chi connectivity index (χ1) is 9.20. The lowest BCUT2D eigenvalue weighted by Crippen LogP contribution is -2.23. The molecule has 2 heterocycles. The maximum atomic E-state index is 11.9. The second-order valence-electron chi connectivity index (χ2n) is 3.84. The third kappa shape index (κ3) is 3.78. The maximum absolute atomic E-state index is 11.9. The molecule has 0 aliphatic heterocycles. The van der Waals surface area contributed by atoms with Crippen molar-refractivity contribution in [3.05, 3.63) is 44.8 Å². The first-order valence-corrected chi connectivity index (χ1v) is 7.58. The van der Waals surface area contributed by atoms with Gasteiger partial charge in [0.25, 0.3) is 5.91 Å². The van der Waals surface area contributed by atoms with Crippen LogP contribution in [0.4, 0.5) is 5.69 Å². The molecule has 1 amide bonds. The quantitative estimate of drug-likeness (QED) is 0.878. The van der Waals surface area contributed by atoms with Crippen LogP contribution < -0.4 is 10.6 Å². The molecule has 0 aliphatic rings. The molecule has 2 aromatic heterocycles. The number of aromatic nitrogens is 1. The van der Waals surface area contributed by atoms with E-state index in [0.29, 0.717) is 12.2 Å². The molecule has 4 nitrogen and oxygen atoms in total. The summed E-state index contributed by atoms with van der Waals surface area (Å²) >= 11 is 5.04. The van der Waals surface area contributed by atoms with E-state index in [2.05, 4.69) is 31.5 Å². The van der Waals surface area contributed by atoms with Crippen molar-refractivity contribution >= 4 is 38.9 Å². The Hall–Kier alpha value is -1.40. The molecule has 6 heteroatoms. The Bertz CT molecular complexity index is 553. The molecule has 2 aromatic rings. The van der Waals surface area contributed by atoms with E-state index in [9.17, 15) is 4.79 Å². The number of rotatable bonds is 5. The summed E-state index contributed by atoms with van der Waals surface area (Å²) in [6.07, 6.45) is 1.67. The molecule has 0 radical (unpaired) electrons. The van der Waals surface area contributed by atoms with E-state index in [1.807, 2.05) is 24.4 Å². The summed E-state index contributed by atoms with van der Waals surface area (Å²) in [5, 5.41) is 7.97. The van der Waals surface area contributed by atoms with Gasteiger partial charge in [0.05, 0.1) is 18.4 Å². The van der Waals surface area contributed by atoms with E-state index < -0.39 is 0 Å². The number of hydrogen-bond acceptors (Lipinski definition) is 4. The molecule has 0 spiro atoms. The van der Waals surface area contributed by atoms with Gasteiger partial charge in [0.1, 0.15) is 5.69 Å². The largest absolute Gasteiger partial charge is 0.384 e. The van der Waals surface area contributed by atoms with Gasteiger partial charge in [0, 0.05) is 15.9 Å². The normalized spacial score (nSPS) is 10.2. The average molecular weight is 340 g/mol. The van der Waals surface area contributed by atoms with Crippen LogP contribution in [0.2, 0.25) is 0 Å². The van der Waals surface area contributed by atoms with Crippen molar-refractivity contribution in [3.8, 4) is 0 Å². The maximum Gasteiger partial charge on any atom is 0.270 e. The van der Waals surface area contributed by atoms with Gasteiger partial charge in [-0.3, -0.25) is 4.79 Å². The highest BCUT2D eigenvalue weighted by molar-refractivity contribution is 9.10. The van der Waals surface area contributed by atoms with Gasteiger partial charge in [-0.25, -0.2) is 4.98 Å². The minimum atomic E-state index is -0.164. The zero-order valence-electron chi connectivity index (χ0n) is 10.4. The zero-order chi connectivity index (χ0) is 13.7. The van der Waals surface area contributed by atoms with Gasteiger partial charge in [0.2, 0.25) is 0 Å². The van der Waals surface area contributed by atoms with E-state index in [4.69, 9.17) is 0 Å². The van der Waals surface area contributed by atoms with Crippen LogP contribution in [-0.2, 0) is 6.54 Å². The van der Waals surface area contributed by atoms with Crippen LogP contribution in [0.25, 0.3) is 0 Å². The van der Waals surface area contributed by atoms with Crippen molar-refractivity contribution in [1.29, 1.82) is 0 Å². The number of thiophene rings is 1. The number of anilines is 1. The Balaban J connectivity index is 1.94. The Morgan fingerprint density at radius 1 is 1.42 bits per heavy atom. The van der Waals surface area contributed by atoms with Gasteiger partial charge >= 0.3 is 0 Å².